The van der Waals surface area contributed by atoms with Crippen LogP contribution < -0.4 is 26.0 Å². The van der Waals surface area contributed by atoms with Crippen LogP contribution in [0.1, 0.15) is 20.3 Å². The van der Waals surface area contributed by atoms with Crippen molar-refractivity contribution in [3.05, 3.63) is 53.0 Å². The highest BCUT2D eigenvalue weighted by Gasteiger charge is 2.10. The lowest BCUT2D eigenvalue weighted by molar-refractivity contribution is 0.235. The highest BCUT2D eigenvalue weighted by atomic mass is 35.5. The summed E-state index contributed by atoms with van der Waals surface area (Å²) in [5.41, 5.74) is 0.771. The number of hydrogen-bond acceptors (Lipinski definition) is 5. The Hall–Kier alpha value is -3.55. The molecule has 0 aliphatic carbocycles. The molecule has 1 aromatic heterocycles. The molecule has 4 amide bonds. The summed E-state index contributed by atoms with van der Waals surface area (Å²) < 4.78 is 5.77. The van der Waals surface area contributed by atoms with Crippen LogP contribution in [0.3, 0.4) is 0 Å². The standard InChI is InChI=1S/C23H30ClN7O3/c1-4-31(5-2)13-12-27-22(32)26-11-6-14-34-20-9-7-17(24)15-19(20)29-23(33)30-21-10-8-18(25-3)16-28-21/h7-10,15-16H,4-6,11-14H2,1-2H3,(H2,26,27,32)(H2,28,29,30,33). The van der Waals surface area contributed by atoms with E-state index in [4.69, 9.17) is 22.9 Å². The molecule has 1 heterocycles. The third-order valence-electron chi connectivity index (χ3n) is 4.78. The van der Waals surface area contributed by atoms with Gasteiger partial charge in [-0.15, -0.1) is 0 Å². The molecule has 34 heavy (non-hydrogen) atoms. The fourth-order valence-electron chi connectivity index (χ4n) is 2.91. The highest BCUT2D eigenvalue weighted by molar-refractivity contribution is 6.31. The van der Waals surface area contributed by atoms with Crippen molar-refractivity contribution in [3.63, 3.8) is 0 Å². The molecule has 2 aromatic rings. The lowest BCUT2D eigenvalue weighted by atomic mass is 10.3. The van der Waals surface area contributed by atoms with Crippen molar-refractivity contribution in [2.24, 2.45) is 0 Å². The van der Waals surface area contributed by atoms with Crippen molar-refractivity contribution in [2.75, 3.05) is 50.0 Å². The second-order valence-corrected chi connectivity index (χ2v) is 7.58. The summed E-state index contributed by atoms with van der Waals surface area (Å²) in [7, 11) is 0. The number of anilines is 2. The van der Waals surface area contributed by atoms with Gasteiger partial charge in [-0.2, -0.15) is 0 Å². The molecular formula is C23H30ClN7O3. The fourth-order valence-corrected chi connectivity index (χ4v) is 3.08. The van der Waals surface area contributed by atoms with Gasteiger partial charge in [0.2, 0.25) is 5.69 Å². The van der Waals surface area contributed by atoms with Gasteiger partial charge in [0, 0.05) is 30.9 Å². The number of rotatable bonds is 12. The van der Waals surface area contributed by atoms with Crippen LogP contribution in [0.25, 0.3) is 4.85 Å². The Morgan fingerprint density at radius 2 is 1.85 bits per heavy atom. The minimum atomic E-state index is -0.529. The van der Waals surface area contributed by atoms with E-state index in [-0.39, 0.29) is 6.03 Å². The SMILES string of the molecule is [C-]#[N+]c1ccc(NC(=O)Nc2cc(Cl)ccc2OCCCNC(=O)NCCN(CC)CC)nc1. The molecule has 0 fully saturated rings. The average Bonchev–Trinajstić information content (AvgIpc) is 2.83. The highest BCUT2D eigenvalue weighted by Crippen LogP contribution is 2.28. The molecule has 0 spiro atoms. The van der Waals surface area contributed by atoms with Gasteiger partial charge >= 0.3 is 12.1 Å². The van der Waals surface area contributed by atoms with Crippen molar-refractivity contribution in [1.29, 1.82) is 0 Å². The summed E-state index contributed by atoms with van der Waals surface area (Å²) in [6.45, 7) is 15.2. The second-order valence-electron chi connectivity index (χ2n) is 7.14. The number of aromatic nitrogens is 1. The lowest BCUT2D eigenvalue weighted by Crippen LogP contribution is -2.40. The van der Waals surface area contributed by atoms with Crippen LogP contribution in [-0.2, 0) is 0 Å². The smallest absolute Gasteiger partial charge is 0.324 e. The van der Waals surface area contributed by atoms with Crippen molar-refractivity contribution >= 4 is 40.9 Å². The van der Waals surface area contributed by atoms with E-state index in [1.54, 1.807) is 24.3 Å². The number of hydrogen-bond donors (Lipinski definition) is 4. The molecule has 0 aliphatic heterocycles. The third-order valence-corrected chi connectivity index (χ3v) is 5.02. The molecule has 4 N–H and O–H groups in total. The van der Waals surface area contributed by atoms with Gasteiger partial charge in [-0.25, -0.2) is 14.4 Å². The van der Waals surface area contributed by atoms with Gasteiger partial charge in [0.25, 0.3) is 0 Å². The van der Waals surface area contributed by atoms with Crippen LogP contribution >= 0.6 is 11.6 Å². The van der Waals surface area contributed by atoms with Crippen molar-refractivity contribution in [3.8, 4) is 5.75 Å². The Morgan fingerprint density at radius 1 is 1.09 bits per heavy atom. The van der Waals surface area contributed by atoms with Crippen molar-refractivity contribution < 1.29 is 14.3 Å². The van der Waals surface area contributed by atoms with E-state index >= 15 is 0 Å². The molecule has 11 heteroatoms. The summed E-state index contributed by atoms with van der Waals surface area (Å²) >= 11 is 6.07. The first-order valence-electron chi connectivity index (χ1n) is 11.0. The quantitative estimate of drug-likeness (QED) is 0.263. The maximum atomic E-state index is 12.3. The van der Waals surface area contributed by atoms with Gasteiger partial charge in [-0.3, -0.25) is 10.3 Å². The van der Waals surface area contributed by atoms with Gasteiger partial charge in [0.15, 0.2) is 0 Å². The molecule has 0 saturated carbocycles. The first-order valence-corrected chi connectivity index (χ1v) is 11.4. The predicted molar refractivity (Wildman–Crippen MR) is 134 cm³/mol. The van der Waals surface area contributed by atoms with Crippen LogP contribution in [-0.4, -0.2) is 61.3 Å². The predicted octanol–water partition coefficient (Wildman–Crippen LogP) is 4.34. The van der Waals surface area contributed by atoms with E-state index < -0.39 is 6.03 Å². The molecule has 0 radical (unpaired) electrons. The van der Waals surface area contributed by atoms with E-state index in [1.807, 2.05) is 0 Å². The largest absolute Gasteiger partial charge is 0.491 e. The fraction of sp³-hybridized carbons (Fsp3) is 0.391. The normalized spacial score (nSPS) is 10.3. The van der Waals surface area contributed by atoms with Crippen LogP contribution in [0.4, 0.5) is 26.8 Å². The molecular weight excluding hydrogens is 458 g/mol. The van der Waals surface area contributed by atoms with E-state index in [2.05, 4.69) is 49.8 Å². The summed E-state index contributed by atoms with van der Waals surface area (Å²) in [4.78, 5) is 33.7. The number of nitrogens with zero attached hydrogens (tertiary/aromatic N) is 3. The van der Waals surface area contributed by atoms with Crippen LogP contribution in [0.15, 0.2) is 36.5 Å². The number of likely N-dealkylation sites (N-methyl/N-ethyl adjacent to an activating group) is 1. The molecule has 1 aromatic carbocycles. The Bertz CT molecular complexity index is 976. The summed E-state index contributed by atoms with van der Waals surface area (Å²) in [6.07, 6.45) is 1.95. The molecule has 182 valence electrons. The molecule has 0 atom stereocenters. The zero-order valence-electron chi connectivity index (χ0n) is 19.4. The molecule has 0 saturated heterocycles. The van der Waals surface area contributed by atoms with Crippen molar-refractivity contribution in [1.82, 2.24) is 20.5 Å². The summed E-state index contributed by atoms with van der Waals surface area (Å²) in [5, 5.41) is 11.3. The van der Waals surface area contributed by atoms with Crippen LogP contribution in [0, 0.1) is 6.57 Å². The first-order chi connectivity index (χ1) is 16.4. The number of halogens is 1. The van der Waals surface area contributed by atoms with E-state index in [0.717, 1.165) is 19.6 Å². The number of carbonyl (C=O) groups is 2. The number of amides is 4. The number of carbonyl (C=O) groups excluding carboxylic acids is 2. The lowest BCUT2D eigenvalue weighted by Gasteiger charge is -2.18. The average molecular weight is 488 g/mol. The Labute approximate surface area is 204 Å². The van der Waals surface area contributed by atoms with Crippen molar-refractivity contribution in [2.45, 2.75) is 20.3 Å². The maximum absolute atomic E-state index is 12.3. The second kappa shape index (κ2) is 14.6. The molecule has 0 bridgehead atoms. The van der Waals surface area contributed by atoms with Gasteiger partial charge in [-0.1, -0.05) is 31.5 Å². The zero-order valence-corrected chi connectivity index (χ0v) is 20.1. The maximum Gasteiger partial charge on any atom is 0.324 e. The number of pyridine rings is 1. The molecule has 10 nitrogen and oxygen atoms in total. The van der Waals surface area contributed by atoms with Gasteiger partial charge in [0.05, 0.1) is 18.9 Å². The molecule has 2 rings (SSSR count). The van der Waals surface area contributed by atoms with Crippen LogP contribution in [0.5, 0.6) is 5.75 Å². The Balaban J connectivity index is 1.76. The van der Waals surface area contributed by atoms with Gasteiger partial charge < -0.3 is 25.6 Å². The Morgan fingerprint density at radius 3 is 2.53 bits per heavy atom. The monoisotopic (exact) mass is 487 g/mol. The first kappa shape index (κ1) is 26.7. The minimum Gasteiger partial charge on any atom is -0.491 e. The molecule has 0 aliphatic rings. The van der Waals surface area contributed by atoms with Gasteiger partial charge in [-0.05, 0) is 43.8 Å². The van der Waals surface area contributed by atoms with Gasteiger partial charge in [0.1, 0.15) is 11.6 Å². The zero-order chi connectivity index (χ0) is 24.8. The third kappa shape index (κ3) is 9.52. The van der Waals surface area contributed by atoms with E-state index in [1.165, 1.54) is 12.3 Å². The number of urea groups is 2. The Kier molecular flexibility index (Phi) is 11.4. The number of ether oxygens (including phenoxy) is 1. The van der Waals surface area contributed by atoms with E-state index in [0.29, 0.717) is 54.1 Å². The minimum absolute atomic E-state index is 0.212. The number of benzene rings is 1. The number of nitrogens with one attached hydrogen (secondary N) is 4. The van der Waals surface area contributed by atoms with E-state index in [9.17, 15) is 9.59 Å². The topological polar surface area (TPSA) is 112 Å². The summed E-state index contributed by atoms with van der Waals surface area (Å²) in [6, 6.07) is 7.25. The summed E-state index contributed by atoms with van der Waals surface area (Å²) in [5.74, 6) is 0.746. The van der Waals surface area contributed by atoms with Crippen LogP contribution in [0.2, 0.25) is 5.02 Å². The molecule has 0 unspecified atom stereocenters.